The maximum absolute atomic E-state index is 10.6. The molecule has 0 aromatic heterocycles. The van der Waals surface area contributed by atoms with E-state index < -0.39 is 16.9 Å². The summed E-state index contributed by atoms with van der Waals surface area (Å²) in [5.41, 5.74) is 0. The van der Waals surface area contributed by atoms with Crippen molar-refractivity contribution in [2.75, 3.05) is 0 Å². The number of aliphatic carboxylic acids is 1. The summed E-state index contributed by atoms with van der Waals surface area (Å²) in [6.45, 7) is 2.17. The van der Waals surface area contributed by atoms with Gasteiger partial charge in [-0.25, -0.2) is 4.79 Å². The molecule has 1 N–H and O–H groups in total. The van der Waals surface area contributed by atoms with Crippen LogP contribution in [-0.4, -0.2) is 22.0 Å². The maximum atomic E-state index is 10.6. The summed E-state index contributed by atoms with van der Waals surface area (Å²) in [5, 5.41) is 19.1. The Labute approximate surface area is 114 Å². The predicted molar refractivity (Wildman–Crippen MR) is 74.8 cm³/mol. The number of rotatable bonds is 12. The lowest BCUT2D eigenvalue weighted by Crippen LogP contribution is -2.28. The van der Waals surface area contributed by atoms with Crippen molar-refractivity contribution in [3.05, 3.63) is 22.3 Å². The Bertz CT molecular complexity index is 275. The second-order valence-electron chi connectivity index (χ2n) is 4.74. The van der Waals surface area contributed by atoms with Gasteiger partial charge in [-0.05, 0) is 25.7 Å². The normalized spacial score (nSPS) is 12.7. The van der Waals surface area contributed by atoms with E-state index in [9.17, 15) is 14.9 Å². The van der Waals surface area contributed by atoms with E-state index in [2.05, 4.69) is 19.1 Å². The summed E-state index contributed by atoms with van der Waals surface area (Å²) in [5.74, 6) is -1.33. The lowest BCUT2D eigenvalue weighted by atomic mass is 10.1. The fourth-order valence-electron chi connectivity index (χ4n) is 1.83. The third-order valence-electron chi connectivity index (χ3n) is 3.03. The minimum Gasteiger partial charge on any atom is -0.476 e. The topological polar surface area (TPSA) is 80.4 Å². The number of carboxylic acid groups (broad SMARTS) is 1. The highest BCUT2D eigenvalue weighted by Gasteiger charge is 2.27. The van der Waals surface area contributed by atoms with Crippen LogP contribution in [0.4, 0.5) is 0 Å². The molecule has 0 spiro atoms. The van der Waals surface area contributed by atoms with Crippen LogP contribution in [0.5, 0.6) is 0 Å². The number of allylic oxidation sites excluding steroid dienone is 2. The number of nitrogens with zero attached hydrogens (tertiary/aromatic N) is 1. The molecule has 0 heterocycles. The van der Waals surface area contributed by atoms with Gasteiger partial charge in [0.1, 0.15) is 0 Å². The summed E-state index contributed by atoms with van der Waals surface area (Å²) in [6.07, 6.45) is 12.7. The van der Waals surface area contributed by atoms with Crippen LogP contribution in [0.15, 0.2) is 12.2 Å². The zero-order chi connectivity index (χ0) is 14.5. The van der Waals surface area contributed by atoms with Crippen LogP contribution in [0.3, 0.4) is 0 Å². The second-order valence-corrected chi connectivity index (χ2v) is 4.74. The molecule has 1 unspecified atom stereocenters. The molecule has 0 aliphatic carbocycles. The lowest BCUT2D eigenvalue weighted by molar-refractivity contribution is -0.511. The first-order chi connectivity index (χ1) is 9.09. The van der Waals surface area contributed by atoms with Gasteiger partial charge in [-0.15, -0.1) is 0 Å². The van der Waals surface area contributed by atoms with Crippen molar-refractivity contribution in [2.45, 2.75) is 70.8 Å². The number of nitro groups is 1. The molecule has 0 rings (SSSR count). The van der Waals surface area contributed by atoms with E-state index in [4.69, 9.17) is 5.11 Å². The van der Waals surface area contributed by atoms with Gasteiger partial charge < -0.3 is 5.11 Å². The van der Waals surface area contributed by atoms with Crippen LogP contribution in [0.2, 0.25) is 0 Å². The third-order valence-corrected chi connectivity index (χ3v) is 3.03. The smallest absolute Gasteiger partial charge is 0.379 e. The molecule has 0 aromatic rings. The van der Waals surface area contributed by atoms with Gasteiger partial charge in [0.15, 0.2) is 0 Å². The minimum atomic E-state index is -1.44. The van der Waals surface area contributed by atoms with Gasteiger partial charge in [0.05, 0.1) is 0 Å². The van der Waals surface area contributed by atoms with Gasteiger partial charge in [-0.2, -0.15) is 0 Å². The summed E-state index contributed by atoms with van der Waals surface area (Å²) < 4.78 is 0. The molecule has 0 saturated carbocycles. The van der Waals surface area contributed by atoms with Crippen molar-refractivity contribution in [3.63, 3.8) is 0 Å². The van der Waals surface area contributed by atoms with E-state index >= 15 is 0 Å². The zero-order valence-electron chi connectivity index (χ0n) is 11.7. The molecule has 5 heteroatoms. The Morgan fingerprint density at radius 1 is 1.16 bits per heavy atom. The molecule has 5 nitrogen and oxygen atoms in total. The SMILES string of the molecule is CCCC/C=C\CCCCCCC(C(=O)O)[N+](=O)[O-]. The average molecular weight is 271 g/mol. The number of hydrogen-bond donors (Lipinski definition) is 1. The molecule has 110 valence electrons. The quantitative estimate of drug-likeness (QED) is 0.253. The van der Waals surface area contributed by atoms with Crippen molar-refractivity contribution in [1.82, 2.24) is 0 Å². The largest absolute Gasteiger partial charge is 0.476 e. The minimum absolute atomic E-state index is 0.134. The summed E-state index contributed by atoms with van der Waals surface area (Å²) in [6, 6.07) is -1.44. The molecular formula is C14H25NO4. The number of unbranched alkanes of at least 4 members (excludes halogenated alkanes) is 6. The molecular weight excluding hydrogens is 246 g/mol. The molecule has 19 heavy (non-hydrogen) atoms. The molecule has 0 aromatic carbocycles. The second kappa shape index (κ2) is 11.7. The molecule has 1 atom stereocenters. The first kappa shape index (κ1) is 17.6. The van der Waals surface area contributed by atoms with Crippen LogP contribution in [0.25, 0.3) is 0 Å². The molecule has 0 amide bonds. The summed E-state index contributed by atoms with van der Waals surface area (Å²) >= 11 is 0. The van der Waals surface area contributed by atoms with Crippen molar-refractivity contribution in [3.8, 4) is 0 Å². The van der Waals surface area contributed by atoms with E-state index in [1.165, 1.54) is 12.8 Å². The fraction of sp³-hybridized carbons (Fsp3) is 0.786. The van der Waals surface area contributed by atoms with Crippen LogP contribution in [-0.2, 0) is 4.79 Å². The molecule has 0 fully saturated rings. The highest BCUT2D eigenvalue weighted by atomic mass is 16.6. The number of hydrogen-bond acceptors (Lipinski definition) is 3. The third kappa shape index (κ3) is 10.2. The Morgan fingerprint density at radius 2 is 1.74 bits per heavy atom. The number of carboxylic acids is 1. The molecule has 0 saturated heterocycles. The van der Waals surface area contributed by atoms with Crippen LogP contribution in [0.1, 0.15) is 64.7 Å². The van der Waals surface area contributed by atoms with E-state index in [0.717, 1.165) is 32.1 Å². The van der Waals surface area contributed by atoms with Crippen LogP contribution in [0, 0.1) is 10.1 Å². The zero-order valence-corrected chi connectivity index (χ0v) is 11.7. The molecule has 0 aliphatic heterocycles. The Balaban J connectivity index is 3.47. The lowest BCUT2D eigenvalue weighted by Gasteiger charge is -2.04. The van der Waals surface area contributed by atoms with Gasteiger partial charge in [-0.1, -0.05) is 44.8 Å². The highest BCUT2D eigenvalue weighted by Crippen LogP contribution is 2.10. The number of carbonyl (C=O) groups is 1. The fourth-order valence-corrected chi connectivity index (χ4v) is 1.83. The van der Waals surface area contributed by atoms with Gasteiger partial charge in [-0.3, -0.25) is 10.1 Å². The predicted octanol–water partition coefficient (Wildman–Crippen LogP) is 3.80. The Morgan fingerprint density at radius 3 is 2.26 bits per heavy atom. The van der Waals surface area contributed by atoms with E-state index in [1.807, 2.05) is 0 Å². The van der Waals surface area contributed by atoms with Crippen molar-refractivity contribution < 1.29 is 14.8 Å². The van der Waals surface area contributed by atoms with Gasteiger partial charge in [0, 0.05) is 11.3 Å². The average Bonchev–Trinajstić information content (AvgIpc) is 2.35. The van der Waals surface area contributed by atoms with Crippen molar-refractivity contribution in [1.29, 1.82) is 0 Å². The maximum Gasteiger partial charge on any atom is 0.379 e. The molecule has 0 radical (unpaired) electrons. The van der Waals surface area contributed by atoms with Crippen molar-refractivity contribution >= 4 is 5.97 Å². The monoisotopic (exact) mass is 271 g/mol. The highest BCUT2D eigenvalue weighted by molar-refractivity contribution is 5.71. The summed E-state index contributed by atoms with van der Waals surface area (Å²) in [4.78, 5) is 20.3. The van der Waals surface area contributed by atoms with Crippen molar-refractivity contribution in [2.24, 2.45) is 0 Å². The van der Waals surface area contributed by atoms with Crippen LogP contribution < -0.4 is 0 Å². The Hall–Kier alpha value is -1.39. The van der Waals surface area contributed by atoms with E-state index in [-0.39, 0.29) is 6.42 Å². The first-order valence-electron chi connectivity index (χ1n) is 7.10. The van der Waals surface area contributed by atoms with E-state index in [1.54, 1.807) is 0 Å². The standard InChI is InChI=1S/C14H25NO4/c1-2-3-4-5-6-7-8-9-10-11-12-13(14(16)17)15(18)19/h5-6,13H,2-4,7-12H2,1H3,(H,16,17)/b6-5-. The Kier molecular flexibility index (Phi) is 10.8. The molecule has 0 aliphatic rings. The molecule has 0 bridgehead atoms. The first-order valence-corrected chi connectivity index (χ1v) is 7.10. The van der Waals surface area contributed by atoms with Crippen LogP contribution >= 0.6 is 0 Å². The van der Waals surface area contributed by atoms with Gasteiger partial charge in [0.25, 0.3) is 0 Å². The van der Waals surface area contributed by atoms with Gasteiger partial charge in [0.2, 0.25) is 0 Å². The van der Waals surface area contributed by atoms with Gasteiger partial charge >= 0.3 is 12.0 Å². The van der Waals surface area contributed by atoms with E-state index in [0.29, 0.717) is 6.42 Å². The summed E-state index contributed by atoms with van der Waals surface area (Å²) in [7, 11) is 0.